The number of hydrogen-bond acceptors (Lipinski definition) is 4. The number of nitrogens with two attached hydrogens (primary N) is 1. The Balaban J connectivity index is 2.10. The summed E-state index contributed by atoms with van der Waals surface area (Å²) in [6.07, 6.45) is 2.18. The number of nitrogens with zero attached hydrogens (tertiary/aromatic N) is 3. The molecule has 16 heavy (non-hydrogen) atoms. The number of carbonyl (C=O) groups is 1. The van der Waals surface area contributed by atoms with E-state index in [0.29, 0.717) is 0 Å². The minimum Gasteiger partial charge on any atom is -0.366 e. The quantitative estimate of drug-likeness (QED) is 0.731. The molecule has 1 fully saturated rings. The van der Waals surface area contributed by atoms with Gasteiger partial charge < -0.3 is 10.6 Å². The van der Waals surface area contributed by atoms with Crippen LogP contribution in [0.1, 0.15) is 37.3 Å². The van der Waals surface area contributed by atoms with Crippen LogP contribution in [-0.2, 0) is 0 Å². The number of likely N-dealkylation sites (tertiary alicyclic amines) is 1. The molecule has 1 aliphatic heterocycles. The van der Waals surface area contributed by atoms with Crippen molar-refractivity contribution in [2.24, 2.45) is 5.41 Å². The molecule has 1 amide bonds. The number of H-pyrrole nitrogens is 1. The summed E-state index contributed by atoms with van der Waals surface area (Å²) in [5.74, 6) is 0.229. The molecule has 2 rings (SSSR count). The van der Waals surface area contributed by atoms with Gasteiger partial charge in [-0.05, 0) is 18.3 Å². The Hall–Kier alpha value is -1.59. The van der Waals surface area contributed by atoms with E-state index in [1.165, 1.54) is 0 Å². The normalized spacial score (nSPS) is 19.8. The summed E-state index contributed by atoms with van der Waals surface area (Å²) in [4.78, 5) is 17.7. The lowest BCUT2D eigenvalue weighted by Crippen LogP contribution is -2.43. The summed E-state index contributed by atoms with van der Waals surface area (Å²) in [6, 6.07) is 0. The van der Waals surface area contributed by atoms with Crippen LogP contribution in [-0.4, -0.2) is 39.1 Å². The summed E-state index contributed by atoms with van der Waals surface area (Å²) >= 11 is 0. The van der Waals surface area contributed by atoms with Crippen LogP contribution in [0.4, 0.5) is 5.95 Å². The number of aromatic nitrogens is 3. The van der Waals surface area contributed by atoms with E-state index in [4.69, 9.17) is 5.73 Å². The number of carbonyl (C=O) groups excluding carboxylic acids is 1. The van der Waals surface area contributed by atoms with Gasteiger partial charge in [0.25, 0.3) is 5.91 Å². The zero-order valence-electron chi connectivity index (χ0n) is 9.66. The number of rotatable bonds is 1. The Morgan fingerprint density at radius 3 is 2.88 bits per heavy atom. The second-order valence-electron chi connectivity index (χ2n) is 5.04. The van der Waals surface area contributed by atoms with Crippen LogP contribution >= 0.6 is 0 Å². The Labute approximate surface area is 94.2 Å². The van der Waals surface area contributed by atoms with Crippen LogP contribution in [0.3, 0.4) is 0 Å². The molecule has 6 nitrogen and oxygen atoms in total. The summed E-state index contributed by atoms with van der Waals surface area (Å²) in [6.45, 7) is 5.87. The molecule has 0 saturated carbocycles. The third-order valence-electron chi connectivity index (χ3n) is 2.89. The van der Waals surface area contributed by atoms with Crippen molar-refractivity contribution in [1.82, 2.24) is 20.1 Å². The Kier molecular flexibility index (Phi) is 2.57. The van der Waals surface area contributed by atoms with Gasteiger partial charge >= 0.3 is 0 Å². The Morgan fingerprint density at radius 1 is 1.56 bits per heavy atom. The highest BCUT2D eigenvalue weighted by molar-refractivity contribution is 5.90. The molecule has 88 valence electrons. The molecular weight excluding hydrogens is 206 g/mol. The maximum absolute atomic E-state index is 12.0. The molecule has 1 aliphatic rings. The first-order chi connectivity index (χ1) is 7.48. The molecule has 6 heteroatoms. The zero-order chi connectivity index (χ0) is 11.8. The van der Waals surface area contributed by atoms with Gasteiger partial charge in [0.15, 0.2) is 0 Å². The molecule has 0 aromatic carbocycles. The van der Waals surface area contributed by atoms with Crippen molar-refractivity contribution in [3.05, 3.63) is 5.82 Å². The van der Waals surface area contributed by atoms with Crippen LogP contribution in [0.15, 0.2) is 0 Å². The second-order valence-corrected chi connectivity index (χ2v) is 5.04. The highest BCUT2D eigenvalue weighted by Gasteiger charge is 2.30. The molecule has 0 radical (unpaired) electrons. The molecular formula is C10H17N5O. The molecule has 3 N–H and O–H groups in total. The molecule has 1 aromatic heterocycles. The van der Waals surface area contributed by atoms with E-state index in [0.717, 1.165) is 25.9 Å². The average Bonchev–Trinajstić information content (AvgIpc) is 2.62. The van der Waals surface area contributed by atoms with Crippen LogP contribution in [0.2, 0.25) is 0 Å². The standard InChI is InChI=1S/C10H17N5O/c1-10(2)4-3-5-15(6-10)8(16)7-12-9(11)14-13-7/h3-6H2,1-2H3,(H3,11,12,13,14). The number of aromatic amines is 1. The van der Waals surface area contributed by atoms with E-state index in [-0.39, 0.29) is 23.1 Å². The van der Waals surface area contributed by atoms with Crippen molar-refractivity contribution >= 4 is 11.9 Å². The molecule has 1 saturated heterocycles. The van der Waals surface area contributed by atoms with Gasteiger partial charge in [-0.2, -0.15) is 4.98 Å². The number of nitrogens with one attached hydrogen (secondary N) is 1. The fourth-order valence-electron chi connectivity index (χ4n) is 2.12. The first-order valence-electron chi connectivity index (χ1n) is 5.45. The maximum atomic E-state index is 12.0. The summed E-state index contributed by atoms with van der Waals surface area (Å²) < 4.78 is 0. The predicted octanol–water partition coefficient (Wildman–Crippen LogP) is 0.649. The van der Waals surface area contributed by atoms with Crippen LogP contribution in [0.5, 0.6) is 0 Å². The fourth-order valence-corrected chi connectivity index (χ4v) is 2.12. The van der Waals surface area contributed by atoms with Gasteiger partial charge in [-0.1, -0.05) is 13.8 Å². The number of anilines is 1. The summed E-state index contributed by atoms with van der Waals surface area (Å²) in [5, 5.41) is 6.22. The minimum absolute atomic E-state index is 0.111. The van der Waals surface area contributed by atoms with Crippen molar-refractivity contribution in [3.63, 3.8) is 0 Å². The molecule has 0 aliphatic carbocycles. The molecule has 0 bridgehead atoms. The van der Waals surface area contributed by atoms with E-state index >= 15 is 0 Å². The second kappa shape index (κ2) is 3.77. The number of piperidine rings is 1. The molecule has 0 atom stereocenters. The largest absolute Gasteiger partial charge is 0.366 e. The fraction of sp³-hybridized carbons (Fsp3) is 0.700. The van der Waals surface area contributed by atoms with Crippen molar-refractivity contribution in [3.8, 4) is 0 Å². The van der Waals surface area contributed by atoms with Gasteiger partial charge in [0.05, 0.1) is 0 Å². The van der Waals surface area contributed by atoms with Gasteiger partial charge in [-0.15, -0.1) is 5.10 Å². The maximum Gasteiger partial charge on any atom is 0.291 e. The molecule has 1 aromatic rings. The van der Waals surface area contributed by atoms with Crippen LogP contribution in [0, 0.1) is 5.41 Å². The van der Waals surface area contributed by atoms with Crippen LogP contribution in [0.25, 0.3) is 0 Å². The SMILES string of the molecule is CC1(C)CCCN(C(=O)c2nc(N)n[nH]2)C1. The van der Waals surface area contributed by atoms with E-state index in [1.807, 2.05) is 4.90 Å². The average molecular weight is 223 g/mol. The first-order valence-corrected chi connectivity index (χ1v) is 5.45. The lowest BCUT2D eigenvalue weighted by atomic mass is 9.84. The topological polar surface area (TPSA) is 87.9 Å². The highest BCUT2D eigenvalue weighted by atomic mass is 16.2. The van der Waals surface area contributed by atoms with E-state index in [1.54, 1.807) is 0 Å². The number of amides is 1. The first kappa shape index (κ1) is 10.9. The van der Waals surface area contributed by atoms with Crippen molar-refractivity contribution in [2.75, 3.05) is 18.8 Å². The third-order valence-corrected chi connectivity index (χ3v) is 2.89. The van der Waals surface area contributed by atoms with Gasteiger partial charge in [0, 0.05) is 13.1 Å². The number of hydrogen-bond donors (Lipinski definition) is 2. The molecule has 0 unspecified atom stereocenters. The third kappa shape index (κ3) is 2.15. The predicted molar refractivity (Wildman–Crippen MR) is 59.7 cm³/mol. The van der Waals surface area contributed by atoms with Gasteiger partial charge in [-0.3, -0.25) is 9.89 Å². The van der Waals surface area contributed by atoms with Crippen LogP contribution < -0.4 is 5.73 Å². The monoisotopic (exact) mass is 223 g/mol. The van der Waals surface area contributed by atoms with Gasteiger partial charge in [0.2, 0.25) is 11.8 Å². The smallest absolute Gasteiger partial charge is 0.291 e. The molecule has 2 heterocycles. The lowest BCUT2D eigenvalue weighted by molar-refractivity contribution is 0.0572. The number of nitrogen functional groups attached to an aromatic ring is 1. The molecule has 0 spiro atoms. The van der Waals surface area contributed by atoms with Gasteiger partial charge in [-0.25, -0.2) is 0 Å². The van der Waals surface area contributed by atoms with Gasteiger partial charge in [0.1, 0.15) is 0 Å². The van der Waals surface area contributed by atoms with E-state index in [9.17, 15) is 4.79 Å². The summed E-state index contributed by atoms with van der Waals surface area (Å²) in [7, 11) is 0. The Morgan fingerprint density at radius 2 is 2.31 bits per heavy atom. The van der Waals surface area contributed by atoms with E-state index in [2.05, 4.69) is 29.0 Å². The lowest BCUT2D eigenvalue weighted by Gasteiger charge is -2.37. The minimum atomic E-state index is -0.114. The van der Waals surface area contributed by atoms with Crippen molar-refractivity contribution in [1.29, 1.82) is 0 Å². The summed E-state index contributed by atoms with van der Waals surface area (Å²) in [5.41, 5.74) is 5.56. The van der Waals surface area contributed by atoms with E-state index < -0.39 is 0 Å². The highest BCUT2D eigenvalue weighted by Crippen LogP contribution is 2.28. The van der Waals surface area contributed by atoms with Crippen molar-refractivity contribution < 1.29 is 4.79 Å². The van der Waals surface area contributed by atoms with Crippen molar-refractivity contribution in [2.45, 2.75) is 26.7 Å². The Bertz CT molecular complexity index is 398. The zero-order valence-corrected chi connectivity index (χ0v) is 9.66.